The Balaban J connectivity index is 3.94. The molecule has 0 bridgehead atoms. The Morgan fingerprint density at radius 3 is 2.62 bits per heavy atom. The van der Waals surface area contributed by atoms with Crippen LogP contribution in [0.5, 0.6) is 0 Å². The Kier molecular flexibility index (Phi) is 12.8. The maximum atomic E-state index is 11.0. The van der Waals surface area contributed by atoms with Gasteiger partial charge in [-0.05, 0) is 20.4 Å². The molecule has 7 nitrogen and oxygen atoms in total. The molecule has 2 N–H and O–H groups in total. The first-order chi connectivity index (χ1) is 10.1. The van der Waals surface area contributed by atoms with E-state index in [1.165, 1.54) is 7.11 Å². The fraction of sp³-hybridized carbons (Fsp3) is 0.857. The molecule has 0 aromatic heterocycles. The number of hydrogen-bond acceptors (Lipinski definition) is 5. The highest BCUT2D eigenvalue weighted by atomic mass is 16.5. The molecule has 0 heterocycles. The number of aliphatic imine (C=N–C) groups is 1. The molecule has 0 amide bonds. The van der Waals surface area contributed by atoms with E-state index in [1.807, 2.05) is 6.92 Å². The fourth-order valence-electron chi connectivity index (χ4n) is 1.65. The van der Waals surface area contributed by atoms with Crippen molar-refractivity contribution in [3.8, 4) is 0 Å². The summed E-state index contributed by atoms with van der Waals surface area (Å²) in [6.45, 7) is 6.68. The number of rotatable bonds is 11. The smallest absolute Gasteiger partial charge is 0.307 e. The van der Waals surface area contributed by atoms with Crippen molar-refractivity contribution < 1.29 is 14.3 Å². The maximum Gasteiger partial charge on any atom is 0.307 e. The number of ether oxygens (including phenoxy) is 2. The van der Waals surface area contributed by atoms with Crippen LogP contribution >= 0.6 is 0 Å². The van der Waals surface area contributed by atoms with E-state index < -0.39 is 0 Å². The first-order valence-electron chi connectivity index (χ1n) is 7.40. The summed E-state index contributed by atoms with van der Waals surface area (Å²) in [4.78, 5) is 17.7. The van der Waals surface area contributed by atoms with E-state index in [0.717, 1.165) is 38.6 Å². The SMILES string of the molecule is CCNC(=NCCN(C)CCCOC)NCCC(=O)OC. The molecule has 0 saturated carbocycles. The number of likely N-dealkylation sites (N-methyl/N-ethyl adjacent to an activating group) is 1. The number of methoxy groups -OCH3 is 2. The summed E-state index contributed by atoms with van der Waals surface area (Å²) >= 11 is 0. The van der Waals surface area contributed by atoms with E-state index in [-0.39, 0.29) is 5.97 Å². The van der Waals surface area contributed by atoms with Crippen molar-refractivity contribution in [1.82, 2.24) is 15.5 Å². The topological polar surface area (TPSA) is 75.2 Å². The summed E-state index contributed by atoms with van der Waals surface area (Å²) in [7, 11) is 5.18. The fourth-order valence-corrected chi connectivity index (χ4v) is 1.65. The predicted octanol–water partition coefficient (Wildman–Crippen LogP) is 0.0729. The predicted molar refractivity (Wildman–Crippen MR) is 84.6 cm³/mol. The molecule has 0 rings (SSSR count). The van der Waals surface area contributed by atoms with E-state index in [1.54, 1.807) is 7.11 Å². The number of esters is 1. The molecule has 7 heteroatoms. The van der Waals surface area contributed by atoms with Crippen LogP contribution in [0.15, 0.2) is 4.99 Å². The molecule has 0 fully saturated rings. The molecule has 0 spiro atoms. The lowest BCUT2D eigenvalue weighted by Crippen LogP contribution is -2.39. The van der Waals surface area contributed by atoms with Gasteiger partial charge in [-0.25, -0.2) is 0 Å². The lowest BCUT2D eigenvalue weighted by molar-refractivity contribution is -0.140. The Labute approximate surface area is 128 Å². The second-order valence-corrected chi connectivity index (χ2v) is 4.66. The summed E-state index contributed by atoms with van der Waals surface area (Å²) in [5.41, 5.74) is 0. The summed E-state index contributed by atoms with van der Waals surface area (Å²) < 4.78 is 9.62. The van der Waals surface area contributed by atoms with Crippen LogP contribution < -0.4 is 10.6 Å². The molecular weight excluding hydrogens is 272 g/mol. The van der Waals surface area contributed by atoms with Crippen molar-refractivity contribution in [2.24, 2.45) is 4.99 Å². The van der Waals surface area contributed by atoms with Crippen LogP contribution in [-0.2, 0) is 14.3 Å². The molecule has 0 radical (unpaired) electrons. The first kappa shape index (κ1) is 19.7. The summed E-state index contributed by atoms with van der Waals surface area (Å²) in [5.74, 6) is 0.503. The maximum absolute atomic E-state index is 11.0. The highest BCUT2D eigenvalue weighted by Crippen LogP contribution is 1.88. The number of nitrogens with one attached hydrogen (secondary N) is 2. The van der Waals surface area contributed by atoms with Gasteiger partial charge in [0.15, 0.2) is 5.96 Å². The van der Waals surface area contributed by atoms with Gasteiger partial charge in [0, 0.05) is 39.9 Å². The molecule has 0 unspecified atom stereocenters. The van der Waals surface area contributed by atoms with Crippen molar-refractivity contribution >= 4 is 11.9 Å². The number of carbonyl (C=O) groups excluding carboxylic acids is 1. The van der Waals surface area contributed by atoms with Gasteiger partial charge in [0.05, 0.1) is 20.1 Å². The minimum absolute atomic E-state index is 0.226. The normalized spacial score (nSPS) is 11.6. The summed E-state index contributed by atoms with van der Waals surface area (Å²) in [6, 6.07) is 0. The van der Waals surface area contributed by atoms with E-state index in [2.05, 4.69) is 32.3 Å². The van der Waals surface area contributed by atoms with Gasteiger partial charge in [0.2, 0.25) is 0 Å². The van der Waals surface area contributed by atoms with Gasteiger partial charge in [0.1, 0.15) is 0 Å². The molecule has 0 aliphatic carbocycles. The minimum Gasteiger partial charge on any atom is -0.469 e. The molecule has 0 aromatic rings. The van der Waals surface area contributed by atoms with Crippen LogP contribution in [0.25, 0.3) is 0 Å². The monoisotopic (exact) mass is 302 g/mol. The lowest BCUT2D eigenvalue weighted by Gasteiger charge is -2.16. The number of carbonyl (C=O) groups is 1. The molecule has 21 heavy (non-hydrogen) atoms. The molecule has 0 aliphatic heterocycles. The molecule has 0 aromatic carbocycles. The van der Waals surface area contributed by atoms with Gasteiger partial charge in [-0.3, -0.25) is 9.79 Å². The van der Waals surface area contributed by atoms with Gasteiger partial charge in [0.25, 0.3) is 0 Å². The zero-order valence-electron chi connectivity index (χ0n) is 13.8. The Hall–Kier alpha value is -1.34. The van der Waals surface area contributed by atoms with Crippen LogP contribution in [0.4, 0.5) is 0 Å². The van der Waals surface area contributed by atoms with E-state index in [9.17, 15) is 4.79 Å². The lowest BCUT2D eigenvalue weighted by atomic mass is 10.4. The molecule has 124 valence electrons. The van der Waals surface area contributed by atoms with E-state index >= 15 is 0 Å². The molecular formula is C14H30N4O3. The van der Waals surface area contributed by atoms with Crippen LogP contribution in [-0.4, -0.2) is 77.4 Å². The molecule has 0 atom stereocenters. The minimum atomic E-state index is -0.226. The van der Waals surface area contributed by atoms with Gasteiger partial charge < -0.3 is 25.0 Å². The van der Waals surface area contributed by atoms with Crippen molar-refractivity contribution in [3.63, 3.8) is 0 Å². The van der Waals surface area contributed by atoms with E-state index in [4.69, 9.17) is 4.74 Å². The Morgan fingerprint density at radius 2 is 2.00 bits per heavy atom. The third kappa shape index (κ3) is 12.1. The highest BCUT2D eigenvalue weighted by molar-refractivity contribution is 5.80. The first-order valence-corrected chi connectivity index (χ1v) is 7.40. The number of hydrogen-bond donors (Lipinski definition) is 2. The van der Waals surface area contributed by atoms with Gasteiger partial charge in [-0.15, -0.1) is 0 Å². The molecule has 0 aliphatic rings. The average Bonchev–Trinajstić information content (AvgIpc) is 2.47. The highest BCUT2D eigenvalue weighted by Gasteiger charge is 2.02. The summed E-state index contributed by atoms with van der Waals surface area (Å²) in [5, 5.41) is 6.26. The van der Waals surface area contributed by atoms with Gasteiger partial charge in [-0.2, -0.15) is 0 Å². The Bertz CT molecular complexity index is 298. The van der Waals surface area contributed by atoms with Crippen molar-refractivity contribution in [3.05, 3.63) is 0 Å². The quantitative estimate of drug-likeness (QED) is 0.243. The van der Waals surface area contributed by atoms with Crippen molar-refractivity contribution in [2.75, 3.05) is 60.6 Å². The van der Waals surface area contributed by atoms with Gasteiger partial charge >= 0.3 is 5.97 Å². The second kappa shape index (κ2) is 13.6. The van der Waals surface area contributed by atoms with Gasteiger partial charge in [-0.1, -0.05) is 0 Å². The van der Waals surface area contributed by atoms with Crippen LogP contribution in [0.1, 0.15) is 19.8 Å². The zero-order chi connectivity index (χ0) is 15.9. The van der Waals surface area contributed by atoms with E-state index in [0.29, 0.717) is 19.5 Å². The van der Waals surface area contributed by atoms with Crippen LogP contribution in [0, 0.1) is 0 Å². The number of guanidine groups is 1. The third-order valence-corrected chi connectivity index (χ3v) is 2.83. The summed E-state index contributed by atoms with van der Waals surface area (Å²) in [6.07, 6.45) is 1.35. The van der Waals surface area contributed by atoms with Crippen molar-refractivity contribution in [2.45, 2.75) is 19.8 Å². The zero-order valence-corrected chi connectivity index (χ0v) is 13.8. The third-order valence-electron chi connectivity index (χ3n) is 2.83. The largest absolute Gasteiger partial charge is 0.469 e. The standard InChI is InChI=1S/C14H30N4O3/c1-5-15-14(16-8-7-13(19)21-4)17-9-11-18(2)10-6-12-20-3/h5-12H2,1-4H3,(H2,15,16,17). The Morgan fingerprint density at radius 1 is 1.24 bits per heavy atom. The number of nitrogens with zero attached hydrogens (tertiary/aromatic N) is 2. The molecule has 0 saturated heterocycles. The average molecular weight is 302 g/mol. The second-order valence-electron chi connectivity index (χ2n) is 4.66. The van der Waals surface area contributed by atoms with Crippen molar-refractivity contribution in [1.29, 1.82) is 0 Å². The van der Waals surface area contributed by atoms with Crippen LogP contribution in [0.2, 0.25) is 0 Å². The van der Waals surface area contributed by atoms with Crippen LogP contribution in [0.3, 0.4) is 0 Å².